The third-order valence-electron chi connectivity index (χ3n) is 5.24. The van der Waals surface area contributed by atoms with Gasteiger partial charge in [0.25, 0.3) is 0 Å². The van der Waals surface area contributed by atoms with Gasteiger partial charge >= 0.3 is 6.18 Å². The van der Waals surface area contributed by atoms with E-state index in [9.17, 15) is 18.3 Å². The van der Waals surface area contributed by atoms with Crippen LogP contribution in [0.2, 0.25) is 0 Å². The monoisotopic (exact) mass is 279 g/mol. The first-order valence-electron chi connectivity index (χ1n) is 7.22. The summed E-state index contributed by atoms with van der Waals surface area (Å²) >= 11 is 0. The predicted molar refractivity (Wildman–Crippen MR) is 67.8 cm³/mol. The molecule has 0 amide bonds. The second kappa shape index (κ2) is 5.24. The molecule has 0 bridgehead atoms. The molecule has 2 nitrogen and oxygen atoms in total. The Balaban J connectivity index is 2.17. The summed E-state index contributed by atoms with van der Waals surface area (Å²) in [6.45, 7) is 2.06. The SMILES string of the molecule is CN(C1CC(O)CCC1C(F)(F)F)C1(C)CCCC1. The minimum Gasteiger partial charge on any atom is -0.393 e. The number of nitrogens with zero attached hydrogens (tertiary/aromatic N) is 1. The van der Waals surface area contributed by atoms with Crippen LogP contribution in [0.3, 0.4) is 0 Å². The number of rotatable bonds is 2. The Kier molecular flexibility index (Phi) is 4.17. The Morgan fingerprint density at radius 1 is 1.16 bits per heavy atom. The third-order valence-corrected chi connectivity index (χ3v) is 5.24. The molecule has 0 spiro atoms. The van der Waals surface area contributed by atoms with Crippen LogP contribution in [0.1, 0.15) is 51.9 Å². The molecule has 0 aromatic heterocycles. The quantitative estimate of drug-likeness (QED) is 0.838. The van der Waals surface area contributed by atoms with E-state index >= 15 is 0 Å². The lowest BCUT2D eigenvalue weighted by atomic mass is 9.79. The van der Waals surface area contributed by atoms with Crippen molar-refractivity contribution >= 4 is 0 Å². The predicted octanol–water partition coefficient (Wildman–Crippen LogP) is 3.34. The maximum atomic E-state index is 13.2. The van der Waals surface area contributed by atoms with Crippen LogP contribution >= 0.6 is 0 Å². The van der Waals surface area contributed by atoms with Crippen LogP contribution in [0.4, 0.5) is 13.2 Å². The van der Waals surface area contributed by atoms with Crippen LogP contribution < -0.4 is 0 Å². The molecule has 2 fully saturated rings. The lowest BCUT2D eigenvalue weighted by Gasteiger charge is -2.47. The van der Waals surface area contributed by atoms with Gasteiger partial charge in [0.2, 0.25) is 0 Å². The van der Waals surface area contributed by atoms with Crippen molar-refractivity contribution in [2.24, 2.45) is 5.92 Å². The average molecular weight is 279 g/mol. The van der Waals surface area contributed by atoms with Crippen molar-refractivity contribution in [2.75, 3.05) is 7.05 Å². The second-order valence-electron chi connectivity index (χ2n) is 6.50. The fourth-order valence-corrected chi connectivity index (χ4v) is 3.82. The summed E-state index contributed by atoms with van der Waals surface area (Å²) in [4.78, 5) is 1.92. The minimum absolute atomic E-state index is 0.0513. The van der Waals surface area contributed by atoms with Crippen LogP contribution in [-0.2, 0) is 0 Å². The van der Waals surface area contributed by atoms with Crippen LogP contribution in [-0.4, -0.2) is 40.9 Å². The zero-order valence-electron chi connectivity index (χ0n) is 11.7. The highest BCUT2D eigenvalue weighted by molar-refractivity contribution is 4.98. The van der Waals surface area contributed by atoms with Gasteiger partial charge in [-0.15, -0.1) is 0 Å². The molecule has 2 aliphatic rings. The van der Waals surface area contributed by atoms with E-state index in [4.69, 9.17) is 0 Å². The summed E-state index contributed by atoms with van der Waals surface area (Å²) in [5, 5.41) is 9.74. The first-order valence-corrected chi connectivity index (χ1v) is 7.22. The Morgan fingerprint density at radius 2 is 1.74 bits per heavy atom. The van der Waals surface area contributed by atoms with Crippen LogP contribution in [0.5, 0.6) is 0 Å². The zero-order valence-corrected chi connectivity index (χ0v) is 11.7. The fraction of sp³-hybridized carbons (Fsp3) is 1.00. The van der Waals surface area contributed by atoms with E-state index in [0.717, 1.165) is 25.7 Å². The highest BCUT2D eigenvalue weighted by Crippen LogP contribution is 2.44. The lowest BCUT2D eigenvalue weighted by molar-refractivity contribution is -0.209. The van der Waals surface area contributed by atoms with Crippen molar-refractivity contribution in [2.45, 2.75) is 75.7 Å². The van der Waals surface area contributed by atoms with Gasteiger partial charge in [0.05, 0.1) is 12.0 Å². The molecule has 0 heterocycles. The second-order valence-corrected chi connectivity index (χ2v) is 6.50. The molecule has 0 aliphatic heterocycles. The van der Waals surface area contributed by atoms with Gasteiger partial charge in [0.1, 0.15) is 0 Å². The summed E-state index contributed by atoms with van der Waals surface area (Å²) in [5.74, 6) is -1.29. The molecule has 2 saturated carbocycles. The van der Waals surface area contributed by atoms with Crippen LogP contribution in [0.25, 0.3) is 0 Å². The topological polar surface area (TPSA) is 23.5 Å². The number of hydrogen-bond donors (Lipinski definition) is 1. The molecule has 1 N–H and O–H groups in total. The van der Waals surface area contributed by atoms with E-state index in [2.05, 4.69) is 6.92 Å². The Morgan fingerprint density at radius 3 is 2.26 bits per heavy atom. The minimum atomic E-state index is -4.16. The van der Waals surface area contributed by atoms with Crippen LogP contribution in [0, 0.1) is 5.92 Å². The van der Waals surface area contributed by atoms with Gasteiger partial charge in [-0.2, -0.15) is 13.2 Å². The van der Waals surface area contributed by atoms with E-state index in [1.54, 1.807) is 0 Å². The van der Waals surface area contributed by atoms with Crippen molar-refractivity contribution in [3.8, 4) is 0 Å². The molecule has 5 heteroatoms. The number of hydrogen-bond acceptors (Lipinski definition) is 2. The molecular formula is C14H24F3NO. The number of aliphatic hydroxyl groups is 1. The number of aliphatic hydroxyl groups excluding tert-OH is 1. The lowest BCUT2D eigenvalue weighted by Crippen LogP contribution is -2.56. The largest absolute Gasteiger partial charge is 0.393 e. The van der Waals surface area contributed by atoms with Crippen molar-refractivity contribution in [1.29, 1.82) is 0 Å². The summed E-state index contributed by atoms with van der Waals surface area (Å²) in [6.07, 6.45) is -0.0808. The van der Waals surface area contributed by atoms with Crippen molar-refractivity contribution < 1.29 is 18.3 Å². The first kappa shape index (κ1) is 15.1. The van der Waals surface area contributed by atoms with Crippen molar-refractivity contribution in [1.82, 2.24) is 4.90 Å². The molecular weight excluding hydrogens is 255 g/mol. The van der Waals surface area contributed by atoms with E-state index in [1.165, 1.54) is 0 Å². The fourth-order valence-electron chi connectivity index (χ4n) is 3.82. The molecule has 3 atom stereocenters. The molecule has 3 unspecified atom stereocenters. The Labute approximate surface area is 113 Å². The molecule has 2 aliphatic carbocycles. The molecule has 0 aromatic rings. The van der Waals surface area contributed by atoms with Gasteiger partial charge in [-0.25, -0.2) is 0 Å². The highest BCUT2D eigenvalue weighted by atomic mass is 19.4. The van der Waals surface area contributed by atoms with E-state index in [1.807, 2.05) is 11.9 Å². The molecule has 0 radical (unpaired) electrons. The average Bonchev–Trinajstić information content (AvgIpc) is 2.74. The van der Waals surface area contributed by atoms with Gasteiger partial charge in [0, 0.05) is 11.6 Å². The molecule has 0 aromatic carbocycles. The van der Waals surface area contributed by atoms with Crippen molar-refractivity contribution in [3.63, 3.8) is 0 Å². The molecule has 0 saturated heterocycles. The van der Waals surface area contributed by atoms with E-state index < -0.39 is 24.2 Å². The Hall–Kier alpha value is -0.290. The van der Waals surface area contributed by atoms with Gasteiger partial charge in [-0.3, -0.25) is 4.90 Å². The Bertz CT molecular complexity index is 312. The van der Waals surface area contributed by atoms with Gasteiger partial charge in [-0.1, -0.05) is 12.8 Å². The summed E-state index contributed by atoms with van der Waals surface area (Å²) < 4.78 is 39.5. The van der Waals surface area contributed by atoms with E-state index in [0.29, 0.717) is 0 Å². The normalized spacial score (nSPS) is 35.8. The van der Waals surface area contributed by atoms with Gasteiger partial charge < -0.3 is 5.11 Å². The molecule has 112 valence electrons. The summed E-state index contributed by atoms with van der Waals surface area (Å²) in [5.41, 5.74) is -0.134. The van der Waals surface area contributed by atoms with Crippen LogP contribution in [0.15, 0.2) is 0 Å². The third kappa shape index (κ3) is 3.07. The number of halogens is 3. The summed E-state index contributed by atoms with van der Waals surface area (Å²) in [7, 11) is 1.81. The van der Waals surface area contributed by atoms with E-state index in [-0.39, 0.29) is 24.8 Å². The van der Waals surface area contributed by atoms with Gasteiger partial charge in [-0.05, 0) is 46.1 Å². The van der Waals surface area contributed by atoms with Gasteiger partial charge in [0.15, 0.2) is 0 Å². The molecule has 2 rings (SSSR count). The zero-order chi connectivity index (χ0) is 14.3. The van der Waals surface area contributed by atoms with Crippen molar-refractivity contribution in [3.05, 3.63) is 0 Å². The highest BCUT2D eigenvalue weighted by Gasteiger charge is 2.51. The maximum Gasteiger partial charge on any atom is 0.393 e. The number of alkyl halides is 3. The maximum absolute atomic E-state index is 13.2. The first-order chi connectivity index (χ1) is 8.74. The standard InChI is InChI=1S/C14H24F3NO/c1-13(7-3-4-8-13)18(2)12-9-10(19)5-6-11(12)14(15,16)17/h10-12,19H,3-9H2,1-2H3. The molecule has 19 heavy (non-hydrogen) atoms. The summed E-state index contributed by atoms with van der Waals surface area (Å²) in [6, 6.07) is -0.577. The smallest absolute Gasteiger partial charge is 0.393 e.